The molecule has 0 spiro atoms. The van der Waals surface area contributed by atoms with Crippen molar-refractivity contribution in [2.24, 2.45) is 0 Å². The summed E-state index contributed by atoms with van der Waals surface area (Å²) in [5.74, 6) is 0. The van der Waals surface area contributed by atoms with E-state index in [0.717, 1.165) is 11.1 Å². The Bertz CT molecular complexity index is 497. The van der Waals surface area contributed by atoms with E-state index in [1.807, 2.05) is 26.8 Å². The number of aliphatic hydroxyl groups is 1. The molecule has 22 heavy (non-hydrogen) atoms. The monoisotopic (exact) mass is 306 g/mol. The summed E-state index contributed by atoms with van der Waals surface area (Å²) in [4.78, 5) is 13.7. The number of carbonyl (C=O) groups is 1. The summed E-state index contributed by atoms with van der Waals surface area (Å²) in [7, 11) is 0. The summed E-state index contributed by atoms with van der Waals surface area (Å²) in [6, 6.07) is 0. The van der Waals surface area contributed by atoms with Gasteiger partial charge in [0.15, 0.2) is 0 Å². The summed E-state index contributed by atoms with van der Waals surface area (Å²) in [6.45, 7) is 8.30. The molecule has 0 fully saturated rings. The van der Waals surface area contributed by atoms with Crippen molar-refractivity contribution in [3.63, 3.8) is 0 Å². The highest BCUT2D eigenvalue weighted by Crippen LogP contribution is 2.22. The lowest BCUT2D eigenvalue weighted by Gasteiger charge is -2.30. The number of allylic oxidation sites excluding steroid dienone is 3. The van der Waals surface area contributed by atoms with Gasteiger partial charge in [-0.15, -0.1) is 0 Å². The van der Waals surface area contributed by atoms with Crippen molar-refractivity contribution in [2.75, 3.05) is 13.1 Å². The van der Waals surface area contributed by atoms with Crippen LogP contribution in [-0.2, 0) is 4.74 Å². The van der Waals surface area contributed by atoms with Crippen LogP contribution < -0.4 is 0 Å². The molecule has 1 aliphatic rings. The molecule has 0 aromatic heterocycles. The topological polar surface area (TPSA) is 73.6 Å². The summed E-state index contributed by atoms with van der Waals surface area (Å²) in [5, 5.41) is 16.6. The van der Waals surface area contributed by atoms with Crippen molar-refractivity contribution in [2.45, 2.75) is 45.8 Å². The minimum Gasteiger partial charge on any atom is -0.444 e. The predicted molar refractivity (Wildman–Crippen MR) is 88.2 cm³/mol. The number of carbonyl (C=O) groups excluding carboxylic acids is 1. The third kappa shape index (κ3) is 6.26. The lowest BCUT2D eigenvalue weighted by Crippen LogP contribution is -2.39. The minimum absolute atomic E-state index is 0.307. The lowest BCUT2D eigenvalue weighted by molar-refractivity contribution is 0.0266. The normalized spacial score (nSPS) is 18.1. The van der Waals surface area contributed by atoms with E-state index in [1.54, 1.807) is 30.1 Å². The van der Waals surface area contributed by atoms with Crippen LogP contribution in [0.3, 0.4) is 0 Å². The van der Waals surface area contributed by atoms with E-state index in [-0.39, 0.29) is 6.09 Å². The van der Waals surface area contributed by atoms with Crippen LogP contribution in [0.1, 0.15) is 34.1 Å². The van der Waals surface area contributed by atoms with Gasteiger partial charge < -0.3 is 20.2 Å². The van der Waals surface area contributed by atoms with E-state index in [0.29, 0.717) is 19.5 Å². The second kappa shape index (κ2) is 7.94. The molecule has 122 valence electrons. The zero-order valence-corrected chi connectivity index (χ0v) is 13.8. The van der Waals surface area contributed by atoms with Gasteiger partial charge in [0.2, 0.25) is 0 Å². The molecule has 0 aliphatic carbocycles. The number of ether oxygens (including phenoxy) is 1. The molecule has 2 N–H and O–H groups in total. The van der Waals surface area contributed by atoms with Crippen molar-refractivity contribution < 1.29 is 14.6 Å². The molecule has 1 aliphatic heterocycles. The first kappa shape index (κ1) is 18.2. The molecule has 1 heterocycles. The standard InChI is InChI=1S/C17H26N2O3/c1-13(20)12-15(6-5-9-18)14-7-10-19(11-8-14)16(21)22-17(2,3)4/h5-7,9,12-13,18,20H,8,10-11H2,1-4H3/b6-5-,15-12-,18-9?. The fourth-order valence-corrected chi connectivity index (χ4v) is 2.10. The van der Waals surface area contributed by atoms with Crippen molar-refractivity contribution in [1.82, 2.24) is 4.90 Å². The number of amides is 1. The average Bonchev–Trinajstić information content (AvgIpc) is 2.41. The molecule has 1 unspecified atom stereocenters. The third-order valence-corrected chi connectivity index (χ3v) is 3.02. The smallest absolute Gasteiger partial charge is 0.410 e. The molecule has 0 radical (unpaired) electrons. The highest BCUT2D eigenvalue weighted by Gasteiger charge is 2.24. The second-order valence-electron chi connectivity index (χ2n) is 6.29. The second-order valence-corrected chi connectivity index (χ2v) is 6.29. The molecular weight excluding hydrogens is 280 g/mol. The molecule has 0 saturated heterocycles. The van der Waals surface area contributed by atoms with Crippen LogP contribution in [0.15, 0.2) is 35.5 Å². The summed E-state index contributed by atoms with van der Waals surface area (Å²) < 4.78 is 5.36. The lowest BCUT2D eigenvalue weighted by atomic mass is 9.97. The molecule has 5 heteroatoms. The highest BCUT2D eigenvalue weighted by atomic mass is 16.6. The van der Waals surface area contributed by atoms with E-state index < -0.39 is 11.7 Å². The van der Waals surface area contributed by atoms with Crippen molar-refractivity contribution >= 4 is 12.3 Å². The summed E-state index contributed by atoms with van der Waals surface area (Å²) in [5.41, 5.74) is 1.46. The van der Waals surface area contributed by atoms with Crippen LogP contribution in [0.25, 0.3) is 0 Å². The maximum atomic E-state index is 12.0. The van der Waals surface area contributed by atoms with Gasteiger partial charge in [-0.1, -0.05) is 12.2 Å². The van der Waals surface area contributed by atoms with Crippen LogP contribution >= 0.6 is 0 Å². The van der Waals surface area contributed by atoms with Gasteiger partial charge in [0, 0.05) is 19.3 Å². The van der Waals surface area contributed by atoms with Crippen LogP contribution in [0, 0.1) is 5.41 Å². The fraction of sp³-hybridized carbons (Fsp3) is 0.529. The third-order valence-electron chi connectivity index (χ3n) is 3.02. The Labute approximate surface area is 132 Å². The van der Waals surface area contributed by atoms with Gasteiger partial charge in [0.05, 0.1) is 6.10 Å². The van der Waals surface area contributed by atoms with Gasteiger partial charge >= 0.3 is 6.09 Å². The molecule has 1 atom stereocenters. The average molecular weight is 306 g/mol. The quantitative estimate of drug-likeness (QED) is 0.619. The van der Waals surface area contributed by atoms with Crippen molar-refractivity contribution in [1.29, 1.82) is 5.41 Å². The first-order valence-electron chi connectivity index (χ1n) is 7.47. The summed E-state index contributed by atoms with van der Waals surface area (Å²) in [6.07, 6.45) is 8.16. The Morgan fingerprint density at radius 1 is 1.50 bits per heavy atom. The van der Waals surface area contributed by atoms with Gasteiger partial charge in [0.25, 0.3) is 0 Å². The fourth-order valence-electron chi connectivity index (χ4n) is 2.10. The highest BCUT2D eigenvalue weighted by molar-refractivity contribution is 5.70. The molecular formula is C17H26N2O3. The molecule has 0 aromatic rings. The Hall–Kier alpha value is -1.88. The van der Waals surface area contributed by atoms with Gasteiger partial charge in [-0.2, -0.15) is 0 Å². The zero-order valence-electron chi connectivity index (χ0n) is 13.8. The van der Waals surface area contributed by atoms with Crippen LogP contribution in [0.2, 0.25) is 0 Å². The van der Waals surface area contributed by atoms with E-state index in [2.05, 4.69) is 0 Å². The Morgan fingerprint density at radius 2 is 2.18 bits per heavy atom. The van der Waals surface area contributed by atoms with Crippen LogP contribution in [0.4, 0.5) is 4.79 Å². The summed E-state index contributed by atoms with van der Waals surface area (Å²) >= 11 is 0. The number of nitrogens with zero attached hydrogens (tertiary/aromatic N) is 1. The number of aliphatic hydroxyl groups excluding tert-OH is 1. The van der Waals surface area contributed by atoms with Crippen molar-refractivity contribution in [3.8, 4) is 0 Å². The molecule has 5 nitrogen and oxygen atoms in total. The molecule has 0 aromatic carbocycles. The first-order valence-corrected chi connectivity index (χ1v) is 7.47. The van der Waals surface area contributed by atoms with Gasteiger partial charge in [0.1, 0.15) is 5.60 Å². The Kier molecular flexibility index (Phi) is 6.56. The molecule has 1 amide bonds. The van der Waals surface area contributed by atoms with E-state index in [4.69, 9.17) is 10.1 Å². The maximum absolute atomic E-state index is 12.0. The minimum atomic E-state index is -0.560. The first-order chi connectivity index (χ1) is 10.2. The molecule has 1 rings (SSSR count). The zero-order chi connectivity index (χ0) is 16.8. The van der Waals surface area contributed by atoms with Gasteiger partial charge in [-0.05, 0) is 57.4 Å². The molecule has 0 saturated carbocycles. The largest absolute Gasteiger partial charge is 0.444 e. The predicted octanol–water partition coefficient (Wildman–Crippen LogP) is 3.07. The van der Waals surface area contributed by atoms with Crippen LogP contribution in [0.5, 0.6) is 0 Å². The molecule has 0 bridgehead atoms. The van der Waals surface area contributed by atoms with E-state index in [1.165, 1.54) is 6.21 Å². The number of nitrogens with one attached hydrogen (secondary N) is 1. The Balaban J connectivity index is 2.79. The van der Waals surface area contributed by atoms with Gasteiger partial charge in [-0.3, -0.25) is 0 Å². The van der Waals surface area contributed by atoms with Gasteiger partial charge in [-0.25, -0.2) is 4.79 Å². The number of hydrogen-bond acceptors (Lipinski definition) is 4. The van der Waals surface area contributed by atoms with E-state index in [9.17, 15) is 9.90 Å². The Morgan fingerprint density at radius 3 is 2.64 bits per heavy atom. The van der Waals surface area contributed by atoms with Crippen LogP contribution in [-0.4, -0.2) is 47.1 Å². The number of rotatable bonds is 4. The van der Waals surface area contributed by atoms with E-state index >= 15 is 0 Å². The SMILES string of the molecule is CC(O)/C=C(/C=C\C=N)C1=CCN(C(=O)OC(C)(C)C)CC1. The maximum Gasteiger partial charge on any atom is 0.410 e. The number of hydrogen-bond donors (Lipinski definition) is 2. The van der Waals surface area contributed by atoms with Crippen molar-refractivity contribution in [3.05, 3.63) is 35.5 Å².